The summed E-state index contributed by atoms with van der Waals surface area (Å²) in [6.45, 7) is 0.616. The van der Waals surface area contributed by atoms with Crippen LogP contribution < -0.4 is 10.1 Å². The zero-order valence-corrected chi connectivity index (χ0v) is 13.4. The Hall–Kier alpha value is -2.51. The second-order valence-corrected chi connectivity index (χ2v) is 5.45. The van der Waals surface area contributed by atoms with Gasteiger partial charge in [0.1, 0.15) is 17.3 Å². The molecule has 0 aliphatic rings. The third-order valence-corrected chi connectivity index (χ3v) is 3.64. The summed E-state index contributed by atoms with van der Waals surface area (Å²) in [5.41, 5.74) is 0.894. The summed E-state index contributed by atoms with van der Waals surface area (Å²) in [5, 5.41) is 3.99. The van der Waals surface area contributed by atoms with E-state index in [4.69, 9.17) is 9.47 Å². The maximum Gasteiger partial charge on any atom is 0.207 e. The minimum absolute atomic E-state index is 0.616. The second kappa shape index (κ2) is 7.66. The summed E-state index contributed by atoms with van der Waals surface area (Å²) >= 11 is 1.33. The van der Waals surface area contributed by atoms with E-state index < -0.39 is 0 Å². The summed E-state index contributed by atoms with van der Waals surface area (Å²) in [5.74, 6) is 2.27. The molecule has 0 amide bonds. The summed E-state index contributed by atoms with van der Waals surface area (Å²) in [4.78, 5) is 8.39. The molecular formula is C16H16N4O2S. The van der Waals surface area contributed by atoms with Gasteiger partial charge in [-0.15, -0.1) is 0 Å². The molecule has 23 heavy (non-hydrogen) atoms. The molecule has 6 nitrogen and oxygen atoms in total. The largest absolute Gasteiger partial charge is 0.457 e. The van der Waals surface area contributed by atoms with Crippen molar-refractivity contribution in [2.75, 3.05) is 19.0 Å². The first kappa shape index (κ1) is 15.4. The average Bonchev–Trinajstić information content (AvgIpc) is 3.01. The maximum absolute atomic E-state index is 5.79. The molecule has 0 saturated heterocycles. The quantitative estimate of drug-likeness (QED) is 0.714. The lowest BCUT2D eigenvalue weighted by molar-refractivity contribution is 0.201. The van der Waals surface area contributed by atoms with Crippen LogP contribution in [0.15, 0.2) is 48.8 Å². The number of nitrogens with zero attached hydrogens (tertiary/aromatic N) is 3. The van der Waals surface area contributed by atoms with Gasteiger partial charge in [0.2, 0.25) is 5.13 Å². The van der Waals surface area contributed by atoms with Crippen LogP contribution in [0.5, 0.6) is 11.5 Å². The lowest BCUT2D eigenvalue weighted by Crippen LogP contribution is -1.97. The van der Waals surface area contributed by atoms with Crippen molar-refractivity contribution in [3.05, 3.63) is 54.6 Å². The first-order chi connectivity index (χ1) is 11.3. The van der Waals surface area contributed by atoms with Crippen molar-refractivity contribution in [1.82, 2.24) is 14.3 Å². The lowest BCUT2D eigenvalue weighted by Gasteiger charge is -2.07. The van der Waals surface area contributed by atoms with Crippen LogP contribution in [0.4, 0.5) is 10.8 Å². The number of anilines is 2. The Bertz CT molecular complexity index is 749. The van der Waals surface area contributed by atoms with Crippen LogP contribution in [-0.2, 0) is 11.2 Å². The van der Waals surface area contributed by atoms with Crippen LogP contribution in [0.1, 0.15) is 5.82 Å². The molecule has 3 rings (SSSR count). The molecule has 2 heterocycles. The van der Waals surface area contributed by atoms with Crippen molar-refractivity contribution < 1.29 is 9.47 Å². The van der Waals surface area contributed by atoms with E-state index in [2.05, 4.69) is 19.7 Å². The first-order valence-electron chi connectivity index (χ1n) is 7.10. The molecule has 0 radical (unpaired) electrons. The lowest BCUT2D eigenvalue weighted by atomic mass is 10.3. The third kappa shape index (κ3) is 4.48. The molecule has 0 aliphatic heterocycles. The number of hydrogen-bond acceptors (Lipinski definition) is 7. The Morgan fingerprint density at radius 3 is 2.83 bits per heavy atom. The van der Waals surface area contributed by atoms with E-state index in [0.717, 1.165) is 28.1 Å². The normalized spacial score (nSPS) is 10.5. The minimum Gasteiger partial charge on any atom is -0.457 e. The van der Waals surface area contributed by atoms with E-state index in [-0.39, 0.29) is 0 Å². The summed E-state index contributed by atoms with van der Waals surface area (Å²) in [6, 6.07) is 11.3. The third-order valence-electron chi connectivity index (χ3n) is 2.97. The molecule has 0 saturated carbocycles. The van der Waals surface area contributed by atoms with Gasteiger partial charge in [-0.1, -0.05) is 6.07 Å². The number of aromatic nitrogens is 3. The molecule has 7 heteroatoms. The van der Waals surface area contributed by atoms with Crippen LogP contribution in [-0.4, -0.2) is 28.1 Å². The van der Waals surface area contributed by atoms with Crippen LogP contribution in [0.25, 0.3) is 0 Å². The number of methoxy groups -OCH3 is 1. The average molecular weight is 328 g/mol. The molecule has 0 unspecified atom stereocenters. The SMILES string of the molecule is COCCc1nsc(Nc2cccc(Oc3ccncc3)c2)n1. The zero-order chi connectivity index (χ0) is 15.9. The molecule has 0 spiro atoms. The number of nitrogens with one attached hydrogen (secondary N) is 1. The van der Waals surface area contributed by atoms with Crippen LogP contribution in [0.3, 0.4) is 0 Å². The van der Waals surface area contributed by atoms with Gasteiger partial charge in [-0.25, -0.2) is 4.98 Å². The summed E-state index contributed by atoms with van der Waals surface area (Å²) in [6.07, 6.45) is 4.10. The Kier molecular flexibility index (Phi) is 5.13. The highest BCUT2D eigenvalue weighted by molar-refractivity contribution is 7.09. The van der Waals surface area contributed by atoms with Gasteiger partial charge in [0, 0.05) is 49.2 Å². The van der Waals surface area contributed by atoms with E-state index in [1.54, 1.807) is 19.5 Å². The molecule has 1 N–H and O–H groups in total. The summed E-state index contributed by atoms with van der Waals surface area (Å²) in [7, 11) is 1.67. The molecule has 0 bridgehead atoms. The highest BCUT2D eigenvalue weighted by atomic mass is 32.1. The van der Waals surface area contributed by atoms with Crippen LogP contribution >= 0.6 is 11.5 Å². The highest BCUT2D eigenvalue weighted by Gasteiger charge is 2.05. The summed E-state index contributed by atoms with van der Waals surface area (Å²) < 4.78 is 15.1. The van der Waals surface area contributed by atoms with E-state index in [1.807, 2.05) is 36.4 Å². The molecule has 3 aromatic rings. The van der Waals surface area contributed by atoms with Gasteiger partial charge >= 0.3 is 0 Å². The molecule has 1 aromatic carbocycles. The van der Waals surface area contributed by atoms with Crippen molar-refractivity contribution in [3.8, 4) is 11.5 Å². The van der Waals surface area contributed by atoms with Gasteiger partial charge in [0.25, 0.3) is 0 Å². The van der Waals surface area contributed by atoms with Gasteiger partial charge in [-0.2, -0.15) is 4.37 Å². The monoisotopic (exact) mass is 328 g/mol. The molecule has 0 atom stereocenters. The van der Waals surface area contributed by atoms with E-state index in [0.29, 0.717) is 13.0 Å². The van der Waals surface area contributed by atoms with Crippen LogP contribution in [0, 0.1) is 0 Å². The number of hydrogen-bond donors (Lipinski definition) is 1. The number of rotatable bonds is 7. The van der Waals surface area contributed by atoms with Gasteiger partial charge in [0.15, 0.2) is 0 Å². The number of benzene rings is 1. The Labute approximate surface area is 138 Å². The fourth-order valence-corrected chi connectivity index (χ4v) is 2.54. The second-order valence-electron chi connectivity index (χ2n) is 4.70. The van der Waals surface area contributed by atoms with Crippen molar-refractivity contribution in [2.45, 2.75) is 6.42 Å². The van der Waals surface area contributed by atoms with Crippen LogP contribution in [0.2, 0.25) is 0 Å². The fourth-order valence-electron chi connectivity index (χ4n) is 1.90. The van der Waals surface area contributed by atoms with E-state index in [9.17, 15) is 0 Å². The fraction of sp³-hybridized carbons (Fsp3) is 0.188. The standard InChI is InChI=1S/C16H16N4O2S/c1-21-10-7-15-19-16(23-20-15)18-12-3-2-4-14(11-12)22-13-5-8-17-9-6-13/h2-6,8-9,11H,7,10H2,1H3,(H,18,19,20). The Morgan fingerprint density at radius 1 is 1.13 bits per heavy atom. The van der Waals surface area contributed by atoms with Crippen molar-refractivity contribution in [1.29, 1.82) is 0 Å². The molecule has 2 aromatic heterocycles. The highest BCUT2D eigenvalue weighted by Crippen LogP contribution is 2.26. The van der Waals surface area contributed by atoms with Gasteiger partial charge in [-0.3, -0.25) is 4.98 Å². The number of pyridine rings is 1. The van der Waals surface area contributed by atoms with Crippen molar-refractivity contribution in [2.24, 2.45) is 0 Å². The molecule has 0 aliphatic carbocycles. The number of ether oxygens (including phenoxy) is 2. The Morgan fingerprint density at radius 2 is 2.00 bits per heavy atom. The molecule has 118 valence electrons. The first-order valence-corrected chi connectivity index (χ1v) is 7.87. The van der Waals surface area contributed by atoms with Gasteiger partial charge in [-0.05, 0) is 24.3 Å². The van der Waals surface area contributed by atoms with E-state index >= 15 is 0 Å². The van der Waals surface area contributed by atoms with E-state index in [1.165, 1.54) is 11.5 Å². The van der Waals surface area contributed by atoms with Gasteiger partial charge < -0.3 is 14.8 Å². The predicted molar refractivity (Wildman–Crippen MR) is 89.5 cm³/mol. The Balaban J connectivity index is 1.66. The zero-order valence-electron chi connectivity index (χ0n) is 12.6. The van der Waals surface area contributed by atoms with Gasteiger partial charge in [0.05, 0.1) is 6.61 Å². The minimum atomic E-state index is 0.616. The smallest absolute Gasteiger partial charge is 0.207 e. The topological polar surface area (TPSA) is 69.2 Å². The van der Waals surface area contributed by atoms with Crippen molar-refractivity contribution in [3.63, 3.8) is 0 Å². The van der Waals surface area contributed by atoms with Crippen molar-refractivity contribution >= 4 is 22.4 Å². The maximum atomic E-state index is 5.79. The predicted octanol–water partition coefficient (Wildman–Crippen LogP) is 3.66. The molecule has 0 fully saturated rings. The molecular weight excluding hydrogens is 312 g/mol.